The topological polar surface area (TPSA) is 80.4 Å². The van der Waals surface area contributed by atoms with Gasteiger partial charge in [-0.05, 0) is 44.9 Å². The van der Waals surface area contributed by atoms with Crippen LogP contribution in [-0.4, -0.2) is 22.5 Å². The van der Waals surface area contributed by atoms with Crippen LogP contribution in [0.5, 0.6) is 0 Å². The summed E-state index contributed by atoms with van der Waals surface area (Å²) >= 11 is 0. The van der Waals surface area contributed by atoms with Gasteiger partial charge in [-0.25, -0.2) is 0 Å². The SMILES string of the molecule is O=C(O)CCCCCCCC=CCC=CCCCCC[N+](=O)[O-]. The van der Waals surface area contributed by atoms with E-state index in [1.807, 2.05) is 0 Å². The summed E-state index contributed by atoms with van der Waals surface area (Å²) in [5.74, 6) is -0.697. The Balaban J connectivity index is 3.23. The average molecular weight is 325 g/mol. The van der Waals surface area contributed by atoms with Crippen LogP contribution in [0.3, 0.4) is 0 Å². The highest BCUT2D eigenvalue weighted by Gasteiger charge is 1.96. The zero-order valence-corrected chi connectivity index (χ0v) is 14.1. The van der Waals surface area contributed by atoms with Crippen LogP contribution in [0.2, 0.25) is 0 Å². The zero-order valence-electron chi connectivity index (χ0n) is 14.1. The van der Waals surface area contributed by atoms with Crippen LogP contribution in [0.25, 0.3) is 0 Å². The second-order valence-electron chi connectivity index (χ2n) is 5.78. The lowest BCUT2D eigenvalue weighted by Gasteiger charge is -1.98. The van der Waals surface area contributed by atoms with Gasteiger partial charge in [-0.15, -0.1) is 0 Å². The number of allylic oxidation sites excluding steroid dienone is 4. The molecule has 0 aliphatic carbocycles. The maximum absolute atomic E-state index is 10.3. The summed E-state index contributed by atoms with van der Waals surface area (Å²) in [6.45, 7) is 0.0893. The fourth-order valence-electron chi connectivity index (χ4n) is 2.26. The predicted molar refractivity (Wildman–Crippen MR) is 93.2 cm³/mol. The first-order valence-electron chi connectivity index (χ1n) is 8.76. The number of carbonyl (C=O) groups is 1. The fraction of sp³-hybridized carbons (Fsp3) is 0.722. The molecule has 0 unspecified atom stereocenters. The predicted octanol–water partition coefficient (Wildman–Crippen LogP) is 5.14. The van der Waals surface area contributed by atoms with Crippen molar-refractivity contribution >= 4 is 5.97 Å². The molecule has 1 N–H and O–H groups in total. The summed E-state index contributed by atoms with van der Waals surface area (Å²) in [6.07, 6.45) is 19.9. The largest absolute Gasteiger partial charge is 0.481 e. The molecule has 0 saturated heterocycles. The van der Waals surface area contributed by atoms with Gasteiger partial charge in [0.05, 0.1) is 0 Å². The average Bonchev–Trinajstić information content (AvgIpc) is 2.49. The van der Waals surface area contributed by atoms with E-state index in [4.69, 9.17) is 5.11 Å². The molecule has 0 fully saturated rings. The Morgan fingerprint density at radius 3 is 1.91 bits per heavy atom. The highest BCUT2D eigenvalue weighted by Crippen LogP contribution is 2.08. The Morgan fingerprint density at radius 2 is 1.35 bits per heavy atom. The molecule has 23 heavy (non-hydrogen) atoms. The van der Waals surface area contributed by atoms with Crippen molar-refractivity contribution in [1.29, 1.82) is 0 Å². The van der Waals surface area contributed by atoms with E-state index < -0.39 is 5.97 Å². The third-order valence-electron chi connectivity index (χ3n) is 3.58. The highest BCUT2D eigenvalue weighted by atomic mass is 16.6. The van der Waals surface area contributed by atoms with E-state index in [0.29, 0.717) is 12.8 Å². The van der Waals surface area contributed by atoms with Gasteiger partial charge < -0.3 is 5.11 Å². The Hall–Kier alpha value is -1.65. The molecule has 0 aromatic carbocycles. The lowest BCUT2D eigenvalue weighted by molar-refractivity contribution is -0.480. The molecule has 0 atom stereocenters. The van der Waals surface area contributed by atoms with Crippen LogP contribution in [0.1, 0.15) is 77.0 Å². The number of nitrogens with zero attached hydrogens (tertiary/aromatic N) is 1. The van der Waals surface area contributed by atoms with Gasteiger partial charge >= 0.3 is 5.97 Å². The number of carboxylic acids is 1. The number of hydrogen-bond acceptors (Lipinski definition) is 3. The molecule has 5 heteroatoms. The van der Waals surface area contributed by atoms with Crippen molar-refractivity contribution in [3.63, 3.8) is 0 Å². The first-order valence-corrected chi connectivity index (χ1v) is 8.76. The molecule has 0 aliphatic rings. The van der Waals surface area contributed by atoms with E-state index in [1.165, 1.54) is 12.8 Å². The van der Waals surface area contributed by atoms with E-state index in [-0.39, 0.29) is 11.5 Å². The third-order valence-corrected chi connectivity index (χ3v) is 3.58. The van der Waals surface area contributed by atoms with Crippen molar-refractivity contribution in [3.8, 4) is 0 Å². The molecule has 0 heterocycles. The molecule has 0 radical (unpaired) electrons. The Bertz CT molecular complexity index is 364. The number of rotatable bonds is 16. The molecule has 0 amide bonds. The zero-order chi connectivity index (χ0) is 17.2. The Labute approximate surface area is 139 Å². The normalized spacial score (nSPS) is 11.5. The van der Waals surface area contributed by atoms with Crippen molar-refractivity contribution in [2.24, 2.45) is 0 Å². The summed E-state index contributed by atoms with van der Waals surface area (Å²) in [5, 5.41) is 18.6. The minimum atomic E-state index is -0.697. The number of unbranched alkanes of at least 4 members (excludes halogenated alkanes) is 8. The molecule has 0 aromatic rings. The standard InChI is InChI=1S/C18H31NO4/c20-18(21)16-14-12-10-8-6-4-2-1-3-5-7-9-11-13-15-17-19(22)23/h1-2,5,7H,3-4,6,8-17H2,(H,20,21). The van der Waals surface area contributed by atoms with Gasteiger partial charge in [0.15, 0.2) is 0 Å². The second-order valence-corrected chi connectivity index (χ2v) is 5.78. The van der Waals surface area contributed by atoms with Crippen molar-refractivity contribution in [2.45, 2.75) is 77.0 Å². The first-order chi connectivity index (χ1) is 11.1. The van der Waals surface area contributed by atoms with Gasteiger partial charge in [0.2, 0.25) is 6.54 Å². The minimum Gasteiger partial charge on any atom is -0.481 e. The number of hydrogen-bond donors (Lipinski definition) is 1. The lowest BCUT2D eigenvalue weighted by atomic mass is 10.1. The van der Waals surface area contributed by atoms with Crippen LogP contribution in [0, 0.1) is 10.1 Å². The van der Waals surface area contributed by atoms with Gasteiger partial charge in [-0.1, -0.05) is 43.6 Å². The summed E-state index contributed by atoms with van der Waals surface area (Å²) in [4.78, 5) is 20.2. The summed E-state index contributed by atoms with van der Waals surface area (Å²) in [6, 6.07) is 0. The van der Waals surface area contributed by atoms with Crippen LogP contribution in [0.4, 0.5) is 0 Å². The van der Waals surface area contributed by atoms with Crippen molar-refractivity contribution in [3.05, 3.63) is 34.4 Å². The van der Waals surface area contributed by atoms with E-state index in [2.05, 4.69) is 24.3 Å². The summed E-state index contributed by atoms with van der Waals surface area (Å²) in [5.41, 5.74) is 0. The van der Waals surface area contributed by atoms with Crippen molar-refractivity contribution in [2.75, 3.05) is 6.54 Å². The molecule has 0 rings (SSSR count). The maximum atomic E-state index is 10.3. The second kappa shape index (κ2) is 16.7. The maximum Gasteiger partial charge on any atom is 0.303 e. The first kappa shape index (κ1) is 21.4. The van der Waals surface area contributed by atoms with E-state index in [0.717, 1.165) is 51.4 Å². The number of aliphatic carboxylic acids is 1. The Morgan fingerprint density at radius 1 is 0.826 bits per heavy atom. The summed E-state index contributed by atoms with van der Waals surface area (Å²) < 4.78 is 0. The monoisotopic (exact) mass is 325 g/mol. The highest BCUT2D eigenvalue weighted by molar-refractivity contribution is 5.66. The third kappa shape index (κ3) is 20.4. The van der Waals surface area contributed by atoms with Gasteiger partial charge in [0.25, 0.3) is 0 Å². The molecule has 0 aliphatic heterocycles. The van der Waals surface area contributed by atoms with Crippen molar-refractivity contribution < 1.29 is 14.8 Å². The van der Waals surface area contributed by atoms with Gasteiger partial charge in [-0.3, -0.25) is 14.9 Å². The molecule has 132 valence electrons. The van der Waals surface area contributed by atoms with Gasteiger partial charge in [0, 0.05) is 17.8 Å². The van der Waals surface area contributed by atoms with E-state index in [9.17, 15) is 14.9 Å². The fourth-order valence-corrected chi connectivity index (χ4v) is 2.26. The molecule has 0 saturated carbocycles. The molecular weight excluding hydrogens is 294 g/mol. The van der Waals surface area contributed by atoms with Gasteiger partial charge in [0.1, 0.15) is 0 Å². The Kier molecular flexibility index (Phi) is 15.5. The minimum absolute atomic E-state index is 0.0893. The van der Waals surface area contributed by atoms with Crippen LogP contribution in [0.15, 0.2) is 24.3 Å². The van der Waals surface area contributed by atoms with E-state index in [1.54, 1.807) is 0 Å². The smallest absolute Gasteiger partial charge is 0.303 e. The molecule has 0 bridgehead atoms. The molecular formula is C18H31NO4. The lowest BCUT2D eigenvalue weighted by Crippen LogP contribution is -1.99. The molecule has 0 spiro atoms. The van der Waals surface area contributed by atoms with Crippen molar-refractivity contribution in [1.82, 2.24) is 0 Å². The quantitative estimate of drug-likeness (QED) is 0.184. The molecule has 0 aromatic heterocycles. The van der Waals surface area contributed by atoms with Crippen LogP contribution < -0.4 is 0 Å². The van der Waals surface area contributed by atoms with Crippen LogP contribution in [-0.2, 0) is 4.79 Å². The summed E-state index contributed by atoms with van der Waals surface area (Å²) in [7, 11) is 0. The van der Waals surface area contributed by atoms with Gasteiger partial charge in [-0.2, -0.15) is 0 Å². The van der Waals surface area contributed by atoms with Crippen LogP contribution >= 0.6 is 0 Å². The van der Waals surface area contributed by atoms with E-state index >= 15 is 0 Å². The number of nitro groups is 1. The molecule has 5 nitrogen and oxygen atoms in total. The number of carboxylic acid groups (broad SMARTS) is 1.